The predicted molar refractivity (Wildman–Crippen MR) is 95.9 cm³/mol. The molecule has 2 amide bonds. The maximum atomic E-state index is 13.6. The Morgan fingerprint density at radius 2 is 1.50 bits per heavy atom. The van der Waals surface area contributed by atoms with Gasteiger partial charge in [-0.05, 0) is 50.5 Å². The summed E-state index contributed by atoms with van der Waals surface area (Å²) < 4.78 is 26.5. The second-order valence-corrected chi connectivity index (χ2v) is 6.83. The normalized spacial score (nSPS) is 18.3. The summed E-state index contributed by atoms with van der Waals surface area (Å²) in [7, 11) is 0. The van der Waals surface area contributed by atoms with Crippen molar-refractivity contribution in [1.29, 1.82) is 0 Å². The Bertz CT molecular complexity index is 872. The standard InChI is InChI=1S/C20H20F2N2O2/c1-10-6-11(2)18(12(3)7-10)24-20(26)15-9-14(15)19(25)23-17-5-4-13(21)8-16(17)22/h4-8,14-15H,9H2,1-3H3,(H,23,25)(H,24,26). The summed E-state index contributed by atoms with van der Waals surface area (Å²) in [5, 5.41) is 5.31. The van der Waals surface area contributed by atoms with Crippen molar-refractivity contribution in [3.63, 3.8) is 0 Å². The Balaban J connectivity index is 1.63. The third-order valence-electron chi connectivity index (χ3n) is 4.58. The van der Waals surface area contributed by atoms with Gasteiger partial charge in [0.15, 0.2) is 0 Å². The molecule has 0 aromatic heterocycles. The highest BCUT2D eigenvalue weighted by molar-refractivity contribution is 6.03. The number of aryl methyl sites for hydroxylation is 3. The van der Waals surface area contributed by atoms with Crippen LogP contribution in [0.5, 0.6) is 0 Å². The number of halogens is 2. The number of carbonyl (C=O) groups excluding carboxylic acids is 2. The van der Waals surface area contributed by atoms with Gasteiger partial charge in [-0.15, -0.1) is 0 Å². The molecular weight excluding hydrogens is 338 g/mol. The van der Waals surface area contributed by atoms with E-state index in [-0.39, 0.29) is 11.6 Å². The van der Waals surface area contributed by atoms with Crippen molar-refractivity contribution in [1.82, 2.24) is 0 Å². The second kappa shape index (κ2) is 6.86. The van der Waals surface area contributed by atoms with Gasteiger partial charge in [0.25, 0.3) is 0 Å². The van der Waals surface area contributed by atoms with Gasteiger partial charge in [0.05, 0.1) is 17.5 Å². The molecule has 4 nitrogen and oxygen atoms in total. The number of rotatable bonds is 4. The molecule has 26 heavy (non-hydrogen) atoms. The van der Waals surface area contributed by atoms with Crippen LogP contribution in [0, 0.1) is 44.2 Å². The minimum Gasteiger partial charge on any atom is -0.325 e. The first-order valence-electron chi connectivity index (χ1n) is 8.41. The van der Waals surface area contributed by atoms with Gasteiger partial charge in [0.1, 0.15) is 11.6 Å². The lowest BCUT2D eigenvalue weighted by Gasteiger charge is -2.13. The van der Waals surface area contributed by atoms with Crippen LogP contribution in [0.15, 0.2) is 30.3 Å². The minimum atomic E-state index is -0.842. The molecule has 2 aromatic carbocycles. The summed E-state index contributed by atoms with van der Waals surface area (Å²) in [6.45, 7) is 5.83. The molecule has 2 unspecified atom stereocenters. The van der Waals surface area contributed by atoms with Crippen LogP contribution in [-0.4, -0.2) is 11.8 Å². The van der Waals surface area contributed by atoms with E-state index in [0.29, 0.717) is 12.5 Å². The molecule has 3 rings (SSSR count). The molecular formula is C20H20F2N2O2. The summed E-state index contributed by atoms with van der Waals surface area (Å²) >= 11 is 0. The molecule has 1 aliphatic rings. The molecule has 0 saturated heterocycles. The first kappa shape index (κ1) is 18.0. The third kappa shape index (κ3) is 3.74. The number of benzene rings is 2. The molecule has 0 radical (unpaired) electrons. The summed E-state index contributed by atoms with van der Waals surface area (Å²) in [4.78, 5) is 24.6. The van der Waals surface area contributed by atoms with E-state index in [1.54, 1.807) is 0 Å². The molecule has 6 heteroatoms. The smallest absolute Gasteiger partial charge is 0.228 e. The van der Waals surface area contributed by atoms with E-state index in [0.717, 1.165) is 28.4 Å². The fourth-order valence-corrected chi connectivity index (χ4v) is 3.18. The number of hydrogen-bond donors (Lipinski definition) is 2. The molecule has 0 bridgehead atoms. The van der Waals surface area contributed by atoms with E-state index in [4.69, 9.17) is 0 Å². The lowest BCUT2D eigenvalue weighted by molar-refractivity contribution is -0.122. The van der Waals surface area contributed by atoms with Crippen molar-refractivity contribution in [2.75, 3.05) is 10.6 Å². The van der Waals surface area contributed by atoms with E-state index < -0.39 is 29.4 Å². The Morgan fingerprint density at radius 1 is 0.923 bits per heavy atom. The van der Waals surface area contributed by atoms with Crippen LogP contribution >= 0.6 is 0 Å². The van der Waals surface area contributed by atoms with Crippen LogP contribution in [0.2, 0.25) is 0 Å². The third-order valence-corrected chi connectivity index (χ3v) is 4.58. The maximum Gasteiger partial charge on any atom is 0.228 e. The molecule has 1 aliphatic carbocycles. The summed E-state index contributed by atoms with van der Waals surface area (Å²) in [6, 6.07) is 6.90. The Labute approximate surface area is 150 Å². The first-order chi connectivity index (χ1) is 12.3. The molecule has 1 saturated carbocycles. The van der Waals surface area contributed by atoms with Gasteiger partial charge in [-0.25, -0.2) is 8.78 Å². The van der Waals surface area contributed by atoms with E-state index in [2.05, 4.69) is 10.6 Å². The van der Waals surface area contributed by atoms with Gasteiger partial charge in [-0.1, -0.05) is 17.7 Å². The number of amides is 2. The topological polar surface area (TPSA) is 58.2 Å². The van der Waals surface area contributed by atoms with Gasteiger partial charge in [0.2, 0.25) is 11.8 Å². The zero-order valence-electron chi connectivity index (χ0n) is 14.8. The summed E-state index contributed by atoms with van der Waals surface area (Å²) in [6.07, 6.45) is 0.407. The second-order valence-electron chi connectivity index (χ2n) is 6.83. The molecule has 2 N–H and O–H groups in total. The van der Waals surface area contributed by atoms with Gasteiger partial charge in [0, 0.05) is 11.8 Å². The van der Waals surface area contributed by atoms with Crippen molar-refractivity contribution < 1.29 is 18.4 Å². The zero-order chi connectivity index (χ0) is 19.0. The molecule has 0 heterocycles. The molecule has 2 aromatic rings. The highest BCUT2D eigenvalue weighted by atomic mass is 19.1. The van der Waals surface area contributed by atoms with Crippen LogP contribution in [0.1, 0.15) is 23.1 Å². The molecule has 136 valence electrons. The van der Waals surface area contributed by atoms with E-state index in [1.165, 1.54) is 6.07 Å². The van der Waals surface area contributed by atoms with Crippen LogP contribution in [0.3, 0.4) is 0 Å². The van der Waals surface area contributed by atoms with E-state index >= 15 is 0 Å². The first-order valence-corrected chi connectivity index (χ1v) is 8.41. The Hall–Kier alpha value is -2.76. The molecule has 0 aliphatic heterocycles. The maximum absolute atomic E-state index is 13.6. The zero-order valence-corrected chi connectivity index (χ0v) is 14.8. The van der Waals surface area contributed by atoms with E-state index in [1.807, 2.05) is 32.9 Å². The number of anilines is 2. The average Bonchev–Trinajstić information content (AvgIpc) is 3.34. The fraction of sp³-hybridized carbons (Fsp3) is 0.300. The highest BCUT2D eigenvalue weighted by Gasteiger charge is 2.48. The minimum absolute atomic E-state index is 0.0901. The van der Waals surface area contributed by atoms with Crippen molar-refractivity contribution in [2.24, 2.45) is 11.8 Å². The van der Waals surface area contributed by atoms with Gasteiger partial charge in [-0.2, -0.15) is 0 Å². The van der Waals surface area contributed by atoms with Gasteiger partial charge < -0.3 is 10.6 Å². The molecule has 0 spiro atoms. The van der Waals surface area contributed by atoms with Crippen molar-refractivity contribution in [2.45, 2.75) is 27.2 Å². The lowest BCUT2D eigenvalue weighted by Crippen LogP contribution is -2.21. The van der Waals surface area contributed by atoms with Crippen LogP contribution in [0.4, 0.5) is 20.2 Å². The summed E-state index contributed by atoms with van der Waals surface area (Å²) in [5.74, 6) is -3.17. The fourth-order valence-electron chi connectivity index (χ4n) is 3.18. The Morgan fingerprint density at radius 3 is 2.08 bits per heavy atom. The number of hydrogen-bond acceptors (Lipinski definition) is 2. The van der Waals surface area contributed by atoms with E-state index in [9.17, 15) is 18.4 Å². The molecule has 2 atom stereocenters. The lowest BCUT2D eigenvalue weighted by atomic mass is 10.0. The van der Waals surface area contributed by atoms with Crippen molar-refractivity contribution in [3.8, 4) is 0 Å². The number of nitrogens with one attached hydrogen (secondary N) is 2. The monoisotopic (exact) mass is 358 g/mol. The van der Waals surface area contributed by atoms with Crippen molar-refractivity contribution >= 4 is 23.2 Å². The van der Waals surface area contributed by atoms with Gasteiger partial charge in [-0.3, -0.25) is 9.59 Å². The van der Waals surface area contributed by atoms with Crippen molar-refractivity contribution in [3.05, 3.63) is 58.7 Å². The SMILES string of the molecule is Cc1cc(C)c(NC(=O)C2CC2C(=O)Nc2ccc(F)cc2F)c(C)c1. The van der Waals surface area contributed by atoms with Crippen LogP contribution in [0.25, 0.3) is 0 Å². The van der Waals surface area contributed by atoms with Crippen LogP contribution in [-0.2, 0) is 9.59 Å². The summed E-state index contributed by atoms with van der Waals surface area (Å²) in [5.41, 5.74) is 3.71. The van der Waals surface area contributed by atoms with Crippen LogP contribution < -0.4 is 10.6 Å². The Kier molecular flexibility index (Phi) is 4.76. The quantitative estimate of drug-likeness (QED) is 0.864. The number of carbonyl (C=O) groups is 2. The average molecular weight is 358 g/mol. The largest absolute Gasteiger partial charge is 0.325 e. The highest BCUT2D eigenvalue weighted by Crippen LogP contribution is 2.40. The van der Waals surface area contributed by atoms with Gasteiger partial charge >= 0.3 is 0 Å². The predicted octanol–water partition coefficient (Wildman–Crippen LogP) is 4.10. The molecule has 1 fully saturated rings.